The first-order valence-corrected chi connectivity index (χ1v) is 7.05. The fourth-order valence-electron chi connectivity index (χ4n) is 2.03. The Morgan fingerprint density at radius 3 is 1.79 bits per heavy atom. The molecule has 0 atom stereocenters. The summed E-state index contributed by atoms with van der Waals surface area (Å²) in [5.41, 5.74) is 13.5. The van der Waals surface area contributed by atoms with Crippen LogP contribution in [0.4, 0.5) is 0 Å². The summed E-state index contributed by atoms with van der Waals surface area (Å²) in [5, 5.41) is 7.95. The van der Waals surface area contributed by atoms with Gasteiger partial charge in [0.05, 0.1) is 19.9 Å². The molecule has 0 aliphatic carbocycles. The number of hydrogen-bond donors (Lipinski definition) is 2. The lowest BCUT2D eigenvalue weighted by atomic mass is 10.0. The van der Waals surface area contributed by atoms with Gasteiger partial charge in [0.1, 0.15) is 11.5 Å². The Morgan fingerprint density at radius 1 is 0.833 bits per heavy atom. The maximum absolute atomic E-state index is 5.38. The number of rotatable bonds is 6. The molecule has 0 spiro atoms. The highest BCUT2D eigenvalue weighted by Crippen LogP contribution is 2.16. The van der Waals surface area contributed by atoms with Gasteiger partial charge in [0, 0.05) is 6.42 Å². The average Bonchev–Trinajstić information content (AvgIpc) is 2.59. The van der Waals surface area contributed by atoms with Crippen LogP contribution in [-0.2, 0) is 6.42 Å². The van der Waals surface area contributed by atoms with Crippen molar-refractivity contribution in [3.8, 4) is 11.5 Å². The smallest absolute Gasteiger partial charge is 0.211 e. The van der Waals surface area contributed by atoms with E-state index in [0.717, 1.165) is 28.3 Å². The zero-order valence-electron chi connectivity index (χ0n) is 13.6. The van der Waals surface area contributed by atoms with Crippen molar-refractivity contribution in [1.29, 1.82) is 0 Å². The van der Waals surface area contributed by atoms with Crippen molar-refractivity contribution < 1.29 is 9.47 Å². The predicted octanol–water partition coefficient (Wildman–Crippen LogP) is 2.35. The molecule has 2 aromatic rings. The topological polar surface area (TPSA) is 95.2 Å². The van der Waals surface area contributed by atoms with E-state index in [9.17, 15) is 0 Å². The summed E-state index contributed by atoms with van der Waals surface area (Å²) in [7, 11) is 3.26. The zero-order valence-corrected chi connectivity index (χ0v) is 14.4. The second kappa shape index (κ2) is 9.42. The number of ether oxygens (including phenoxy) is 2. The summed E-state index contributed by atoms with van der Waals surface area (Å²) < 4.78 is 10.3. The Balaban J connectivity index is 0.00000288. The van der Waals surface area contributed by atoms with Gasteiger partial charge in [-0.15, -0.1) is 17.5 Å². The summed E-state index contributed by atoms with van der Waals surface area (Å²) >= 11 is 0. The number of nitrogens with two attached hydrogens (primary N) is 2. The molecule has 0 aromatic heterocycles. The number of halogens is 1. The largest absolute Gasteiger partial charge is 0.497 e. The molecule has 6 nitrogen and oxygen atoms in total. The van der Waals surface area contributed by atoms with Gasteiger partial charge in [0.2, 0.25) is 5.96 Å². The van der Waals surface area contributed by atoms with Crippen molar-refractivity contribution in [2.24, 2.45) is 21.7 Å². The fraction of sp³-hybridized carbons (Fsp3) is 0.176. The van der Waals surface area contributed by atoms with Crippen LogP contribution in [0.5, 0.6) is 11.5 Å². The predicted molar refractivity (Wildman–Crippen MR) is 99.3 cm³/mol. The van der Waals surface area contributed by atoms with Crippen molar-refractivity contribution >= 4 is 24.1 Å². The minimum atomic E-state index is -0.0780. The molecule has 0 aliphatic rings. The van der Waals surface area contributed by atoms with Gasteiger partial charge >= 0.3 is 0 Å². The highest BCUT2D eigenvalue weighted by molar-refractivity contribution is 6.02. The van der Waals surface area contributed by atoms with Crippen LogP contribution in [-0.4, -0.2) is 25.9 Å². The second-order valence-corrected chi connectivity index (χ2v) is 4.82. The molecule has 0 fully saturated rings. The van der Waals surface area contributed by atoms with Gasteiger partial charge in [-0.3, -0.25) is 0 Å². The van der Waals surface area contributed by atoms with E-state index in [1.54, 1.807) is 14.2 Å². The van der Waals surface area contributed by atoms with Gasteiger partial charge in [0.25, 0.3) is 0 Å². The second-order valence-electron chi connectivity index (χ2n) is 4.82. The maximum atomic E-state index is 5.38. The normalized spacial score (nSPS) is 10.5. The summed E-state index contributed by atoms with van der Waals surface area (Å²) in [4.78, 5) is 0. The first-order chi connectivity index (χ1) is 11.1. The fourth-order valence-corrected chi connectivity index (χ4v) is 2.03. The van der Waals surface area contributed by atoms with Crippen molar-refractivity contribution in [2.45, 2.75) is 6.42 Å². The lowest BCUT2D eigenvalue weighted by Gasteiger charge is -2.08. The molecule has 0 aliphatic heterocycles. The molecule has 24 heavy (non-hydrogen) atoms. The molecule has 0 radical (unpaired) electrons. The van der Waals surface area contributed by atoms with Gasteiger partial charge in [-0.2, -0.15) is 5.10 Å². The minimum absolute atomic E-state index is 0. The number of nitrogens with zero attached hydrogens (tertiary/aromatic N) is 2. The minimum Gasteiger partial charge on any atom is -0.497 e. The highest BCUT2D eigenvalue weighted by atomic mass is 35.5. The van der Waals surface area contributed by atoms with Crippen LogP contribution in [0.2, 0.25) is 0 Å². The monoisotopic (exact) mass is 348 g/mol. The van der Waals surface area contributed by atoms with E-state index >= 15 is 0 Å². The van der Waals surface area contributed by atoms with E-state index in [2.05, 4.69) is 10.2 Å². The third-order valence-corrected chi connectivity index (χ3v) is 3.24. The Kier molecular flexibility index (Phi) is 7.58. The Morgan fingerprint density at radius 2 is 1.33 bits per heavy atom. The number of guanidine groups is 1. The third-order valence-electron chi connectivity index (χ3n) is 3.24. The molecular weight excluding hydrogens is 328 g/mol. The molecule has 4 N–H and O–H groups in total. The summed E-state index contributed by atoms with van der Waals surface area (Å²) in [6.45, 7) is 0. The van der Waals surface area contributed by atoms with Gasteiger partial charge in [-0.1, -0.05) is 12.1 Å². The lowest BCUT2D eigenvalue weighted by Crippen LogP contribution is -2.22. The molecule has 0 amide bonds. The van der Waals surface area contributed by atoms with Crippen LogP contribution in [0.15, 0.2) is 58.7 Å². The van der Waals surface area contributed by atoms with E-state index in [4.69, 9.17) is 20.9 Å². The molecule has 128 valence electrons. The van der Waals surface area contributed by atoms with E-state index < -0.39 is 0 Å². The first kappa shape index (κ1) is 19.3. The average molecular weight is 349 g/mol. The molecule has 2 rings (SSSR count). The van der Waals surface area contributed by atoms with Gasteiger partial charge in [-0.05, 0) is 47.5 Å². The van der Waals surface area contributed by atoms with Crippen LogP contribution in [0, 0.1) is 0 Å². The Labute approximate surface area is 147 Å². The number of hydrogen-bond acceptors (Lipinski definition) is 4. The Hall–Kier alpha value is -2.73. The van der Waals surface area contributed by atoms with E-state index in [1.165, 1.54) is 0 Å². The van der Waals surface area contributed by atoms with Gasteiger partial charge in [0.15, 0.2) is 0 Å². The van der Waals surface area contributed by atoms with Crippen LogP contribution in [0.1, 0.15) is 11.1 Å². The zero-order chi connectivity index (χ0) is 16.7. The van der Waals surface area contributed by atoms with Crippen molar-refractivity contribution in [3.05, 3.63) is 59.7 Å². The summed E-state index contributed by atoms with van der Waals surface area (Å²) in [6.07, 6.45) is 0.590. The molecule has 7 heteroatoms. The van der Waals surface area contributed by atoms with Crippen LogP contribution >= 0.6 is 12.4 Å². The van der Waals surface area contributed by atoms with Gasteiger partial charge < -0.3 is 20.9 Å². The Bertz CT molecular complexity index is 694. The molecule has 0 unspecified atom stereocenters. The molecule has 2 aromatic carbocycles. The summed E-state index contributed by atoms with van der Waals surface area (Å²) in [6, 6.07) is 15.3. The molecule has 0 saturated heterocycles. The van der Waals surface area contributed by atoms with Crippen LogP contribution in [0.25, 0.3) is 0 Å². The van der Waals surface area contributed by atoms with E-state index in [0.29, 0.717) is 6.42 Å². The highest BCUT2D eigenvalue weighted by Gasteiger charge is 2.07. The van der Waals surface area contributed by atoms with Crippen molar-refractivity contribution in [2.75, 3.05) is 14.2 Å². The van der Waals surface area contributed by atoms with E-state index in [1.807, 2.05) is 48.5 Å². The quantitative estimate of drug-likeness (QED) is 0.476. The number of benzene rings is 2. The van der Waals surface area contributed by atoms with Gasteiger partial charge in [-0.25, -0.2) is 0 Å². The molecule has 0 bridgehead atoms. The lowest BCUT2D eigenvalue weighted by molar-refractivity contribution is 0.414. The van der Waals surface area contributed by atoms with Crippen LogP contribution < -0.4 is 20.9 Å². The number of methoxy groups -OCH3 is 2. The van der Waals surface area contributed by atoms with E-state index in [-0.39, 0.29) is 18.4 Å². The van der Waals surface area contributed by atoms with Crippen molar-refractivity contribution in [1.82, 2.24) is 0 Å². The summed E-state index contributed by atoms with van der Waals surface area (Å²) in [5.74, 6) is 1.51. The standard InChI is InChI=1S/C17H20N4O2.ClH/c1-22-14-7-3-12(4-8-14)11-16(20-21-17(18)19)13-5-9-15(23-2)10-6-13;/h3-10H,11H2,1-2H3,(H4,18,19,21);1H/b20-16-;. The molecular formula is C17H21ClN4O2. The van der Waals surface area contributed by atoms with Crippen LogP contribution in [0.3, 0.4) is 0 Å². The van der Waals surface area contributed by atoms with Crippen molar-refractivity contribution in [3.63, 3.8) is 0 Å². The molecule has 0 saturated carbocycles. The first-order valence-electron chi connectivity index (χ1n) is 7.05. The maximum Gasteiger partial charge on any atom is 0.211 e. The SMILES string of the molecule is COc1ccc(C/C(=N/N=C(N)N)c2ccc(OC)cc2)cc1.Cl. The molecule has 0 heterocycles. The third kappa shape index (κ3) is 5.48.